The summed E-state index contributed by atoms with van der Waals surface area (Å²) in [5.74, 6) is -2.51. The molecular formula is C21H22F2N2O3. The van der Waals surface area contributed by atoms with Gasteiger partial charge in [-0.25, -0.2) is 8.78 Å². The van der Waals surface area contributed by atoms with E-state index < -0.39 is 41.6 Å². The van der Waals surface area contributed by atoms with E-state index in [1.165, 1.54) is 6.92 Å². The van der Waals surface area contributed by atoms with Crippen LogP contribution in [-0.4, -0.2) is 29.1 Å². The summed E-state index contributed by atoms with van der Waals surface area (Å²) < 4.78 is 26.5. The molecule has 0 unspecified atom stereocenters. The van der Waals surface area contributed by atoms with Gasteiger partial charge in [0.2, 0.25) is 11.8 Å². The van der Waals surface area contributed by atoms with Crippen LogP contribution in [0.15, 0.2) is 42.5 Å². The van der Waals surface area contributed by atoms with E-state index in [4.69, 9.17) is 0 Å². The molecule has 2 amide bonds. The Kier molecular flexibility index (Phi) is 6.04. The summed E-state index contributed by atoms with van der Waals surface area (Å²) in [5, 5.41) is 15.6. The lowest BCUT2D eigenvalue weighted by atomic mass is 9.85. The van der Waals surface area contributed by atoms with Crippen molar-refractivity contribution in [2.24, 2.45) is 0 Å². The SMILES string of the molecule is C[C@H](NC(=O)Cc1cc(F)cc(F)c1)C(=O)N[C@H]1c2ccccc2CC[C@H]1O. The predicted molar refractivity (Wildman–Crippen MR) is 99.3 cm³/mol. The Labute approximate surface area is 161 Å². The van der Waals surface area contributed by atoms with Crippen molar-refractivity contribution in [3.05, 3.63) is 70.8 Å². The van der Waals surface area contributed by atoms with Crippen LogP contribution < -0.4 is 10.6 Å². The Morgan fingerprint density at radius 1 is 1.18 bits per heavy atom. The molecular weight excluding hydrogens is 366 g/mol. The van der Waals surface area contributed by atoms with Crippen LogP contribution in [0.5, 0.6) is 0 Å². The van der Waals surface area contributed by atoms with E-state index in [0.29, 0.717) is 6.42 Å². The molecule has 0 aromatic heterocycles. The maximum atomic E-state index is 13.2. The fourth-order valence-electron chi connectivity index (χ4n) is 3.45. The molecule has 2 aromatic carbocycles. The summed E-state index contributed by atoms with van der Waals surface area (Å²) in [4.78, 5) is 24.6. The molecule has 0 saturated carbocycles. The number of amides is 2. The van der Waals surface area contributed by atoms with Gasteiger partial charge in [0.15, 0.2) is 0 Å². The minimum atomic E-state index is -0.868. The third kappa shape index (κ3) is 4.72. The lowest BCUT2D eigenvalue weighted by molar-refractivity contribution is -0.129. The van der Waals surface area contributed by atoms with Gasteiger partial charge in [-0.1, -0.05) is 24.3 Å². The van der Waals surface area contributed by atoms with Gasteiger partial charge in [0.1, 0.15) is 17.7 Å². The van der Waals surface area contributed by atoms with Crippen molar-refractivity contribution in [3.63, 3.8) is 0 Å². The lowest BCUT2D eigenvalue weighted by Crippen LogP contribution is -2.49. The van der Waals surface area contributed by atoms with Crippen molar-refractivity contribution >= 4 is 11.8 Å². The molecule has 0 aliphatic heterocycles. The normalized spacial score (nSPS) is 19.4. The van der Waals surface area contributed by atoms with Gasteiger partial charge in [-0.3, -0.25) is 9.59 Å². The van der Waals surface area contributed by atoms with Gasteiger partial charge in [-0.15, -0.1) is 0 Å². The molecule has 0 bridgehead atoms. The van der Waals surface area contributed by atoms with Gasteiger partial charge < -0.3 is 15.7 Å². The number of benzene rings is 2. The maximum Gasteiger partial charge on any atom is 0.242 e. The van der Waals surface area contributed by atoms with E-state index in [0.717, 1.165) is 35.7 Å². The Morgan fingerprint density at radius 2 is 1.86 bits per heavy atom. The van der Waals surface area contributed by atoms with Crippen molar-refractivity contribution in [1.82, 2.24) is 10.6 Å². The van der Waals surface area contributed by atoms with Gasteiger partial charge >= 0.3 is 0 Å². The lowest BCUT2D eigenvalue weighted by Gasteiger charge is -2.31. The summed E-state index contributed by atoms with van der Waals surface area (Å²) in [6, 6.07) is 9.04. The molecule has 1 aliphatic carbocycles. The minimum absolute atomic E-state index is 0.180. The van der Waals surface area contributed by atoms with E-state index in [-0.39, 0.29) is 12.0 Å². The number of nitrogens with one attached hydrogen (secondary N) is 2. The fraction of sp³-hybridized carbons (Fsp3) is 0.333. The molecule has 3 atom stereocenters. The summed E-state index contributed by atoms with van der Waals surface area (Å²) >= 11 is 0. The summed E-state index contributed by atoms with van der Waals surface area (Å²) in [6.07, 6.45) is 0.312. The van der Waals surface area contributed by atoms with Gasteiger partial charge in [0.25, 0.3) is 0 Å². The quantitative estimate of drug-likeness (QED) is 0.735. The second kappa shape index (κ2) is 8.48. The third-order valence-electron chi connectivity index (χ3n) is 4.84. The van der Waals surface area contributed by atoms with Crippen LogP contribution in [0.2, 0.25) is 0 Å². The zero-order valence-electron chi connectivity index (χ0n) is 15.4. The Hall–Kier alpha value is -2.80. The first-order valence-electron chi connectivity index (χ1n) is 9.14. The van der Waals surface area contributed by atoms with Crippen molar-refractivity contribution in [3.8, 4) is 0 Å². The highest BCUT2D eigenvalue weighted by Gasteiger charge is 2.30. The highest BCUT2D eigenvalue weighted by molar-refractivity contribution is 5.88. The summed E-state index contributed by atoms with van der Waals surface area (Å²) in [6.45, 7) is 1.51. The summed E-state index contributed by atoms with van der Waals surface area (Å²) in [5.41, 5.74) is 2.12. The molecule has 0 saturated heterocycles. The number of hydrogen-bond acceptors (Lipinski definition) is 3. The maximum absolute atomic E-state index is 13.2. The molecule has 2 aromatic rings. The highest BCUT2D eigenvalue weighted by atomic mass is 19.1. The highest BCUT2D eigenvalue weighted by Crippen LogP contribution is 2.29. The number of aliphatic hydroxyl groups excluding tert-OH is 1. The number of aryl methyl sites for hydroxylation is 1. The van der Waals surface area contributed by atoms with E-state index in [1.807, 2.05) is 24.3 Å². The first-order valence-corrected chi connectivity index (χ1v) is 9.14. The molecule has 148 valence electrons. The van der Waals surface area contributed by atoms with Crippen LogP contribution >= 0.6 is 0 Å². The standard InChI is InChI=1S/C21H22F2N2O3/c1-12(24-19(27)10-13-8-15(22)11-16(23)9-13)21(28)25-20-17-5-3-2-4-14(17)6-7-18(20)26/h2-5,8-9,11-12,18,20,26H,6-7,10H2,1H3,(H,24,27)(H,25,28)/t12-,18+,20-/m0/s1. The van der Waals surface area contributed by atoms with Crippen LogP contribution in [0.1, 0.15) is 36.1 Å². The molecule has 3 N–H and O–H groups in total. The molecule has 3 rings (SSSR count). The average molecular weight is 388 g/mol. The van der Waals surface area contributed by atoms with Crippen molar-refractivity contribution in [2.45, 2.75) is 44.4 Å². The zero-order chi connectivity index (χ0) is 20.3. The number of halogens is 2. The van der Waals surface area contributed by atoms with Crippen LogP contribution in [0.3, 0.4) is 0 Å². The average Bonchev–Trinajstić information content (AvgIpc) is 2.63. The van der Waals surface area contributed by atoms with Crippen LogP contribution in [0, 0.1) is 11.6 Å². The molecule has 0 spiro atoms. The number of rotatable bonds is 5. The fourth-order valence-corrected chi connectivity index (χ4v) is 3.45. The first kappa shape index (κ1) is 19.9. The monoisotopic (exact) mass is 388 g/mol. The third-order valence-corrected chi connectivity index (χ3v) is 4.84. The topological polar surface area (TPSA) is 78.4 Å². The Morgan fingerprint density at radius 3 is 2.57 bits per heavy atom. The van der Waals surface area contributed by atoms with Gasteiger partial charge in [0, 0.05) is 6.07 Å². The first-order chi connectivity index (χ1) is 13.3. The number of fused-ring (bicyclic) bond motifs is 1. The van der Waals surface area contributed by atoms with Crippen molar-refractivity contribution in [1.29, 1.82) is 0 Å². The second-order valence-electron chi connectivity index (χ2n) is 7.03. The number of carbonyl (C=O) groups is 2. The van der Waals surface area contributed by atoms with E-state index in [9.17, 15) is 23.5 Å². The van der Waals surface area contributed by atoms with Gasteiger partial charge in [0.05, 0.1) is 18.6 Å². The molecule has 0 radical (unpaired) electrons. The molecule has 0 heterocycles. The van der Waals surface area contributed by atoms with Crippen LogP contribution in [0.25, 0.3) is 0 Å². The van der Waals surface area contributed by atoms with Crippen LogP contribution in [0.4, 0.5) is 8.78 Å². The number of aliphatic hydroxyl groups is 1. The Balaban J connectivity index is 1.61. The molecule has 1 aliphatic rings. The van der Waals surface area contributed by atoms with E-state index >= 15 is 0 Å². The molecule has 28 heavy (non-hydrogen) atoms. The molecule has 0 fully saturated rings. The predicted octanol–water partition coefficient (Wildman–Crippen LogP) is 2.18. The molecule has 5 nitrogen and oxygen atoms in total. The Bertz CT molecular complexity index is 867. The van der Waals surface area contributed by atoms with Crippen molar-refractivity contribution < 1.29 is 23.5 Å². The minimum Gasteiger partial charge on any atom is -0.391 e. The largest absolute Gasteiger partial charge is 0.391 e. The van der Waals surface area contributed by atoms with Crippen molar-refractivity contribution in [2.75, 3.05) is 0 Å². The van der Waals surface area contributed by atoms with Crippen LogP contribution in [-0.2, 0) is 22.4 Å². The van der Waals surface area contributed by atoms with Gasteiger partial charge in [-0.05, 0) is 48.6 Å². The smallest absolute Gasteiger partial charge is 0.242 e. The summed E-state index contributed by atoms with van der Waals surface area (Å²) in [7, 11) is 0. The second-order valence-corrected chi connectivity index (χ2v) is 7.03. The van der Waals surface area contributed by atoms with E-state index in [1.54, 1.807) is 0 Å². The van der Waals surface area contributed by atoms with E-state index in [2.05, 4.69) is 10.6 Å². The number of hydrogen-bond donors (Lipinski definition) is 3. The number of carbonyl (C=O) groups excluding carboxylic acids is 2. The molecule has 7 heteroatoms. The zero-order valence-corrected chi connectivity index (χ0v) is 15.4. The van der Waals surface area contributed by atoms with Gasteiger partial charge in [-0.2, -0.15) is 0 Å².